The van der Waals surface area contributed by atoms with Crippen LogP contribution in [0, 0.1) is 0 Å². The fraction of sp³-hybridized carbons (Fsp3) is 0.462. The molecule has 1 heterocycles. The van der Waals surface area contributed by atoms with Crippen molar-refractivity contribution < 1.29 is 0 Å². The Kier molecular flexibility index (Phi) is 3.29. The molecule has 1 aromatic rings. The van der Waals surface area contributed by atoms with Gasteiger partial charge >= 0.3 is 0 Å². The third-order valence-electron chi connectivity index (χ3n) is 3.32. The lowest BCUT2D eigenvalue weighted by Crippen LogP contribution is -2.47. The van der Waals surface area contributed by atoms with Gasteiger partial charge < -0.3 is 10.6 Å². The highest BCUT2D eigenvalue weighted by atomic mass is 35.5. The number of guanidine groups is 1. The molecule has 1 unspecified atom stereocenters. The van der Waals surface area contributed by atoms with Gasteiger partial charge in [0.2, 0.25) is 0 Å². The molecule has 0 aromatic heterocycles. The molecule has 0 saturated heterocycles. The second kappa shape index (κ2) is 4.57. The fourth-order valence-electron chi connectivity index (χ4n) is 2.37. The van der Waals surface area contributed by atoms with Gasteiger partial charge in [0, 0.05) is 11.6 Å². The molecule has 3 nitrogen and oxygen atoms in total. The summed E-state index contributed by atoms with van der Waals surface area (Å²) < 4.78 is 0. The lowest BCUT2D eigenvalue weighted by Gasteiger charge is -2.37. The van der Waals surface area contributed by atoms with Gasteiger partial charge in [0.1, 0.15) is 0 Å². The third-order valence-corrected chi connectivity index (χ3v) is 3.65. The zero-order valence-electron chi connectivity index (χ0n) is 10.3. The highest BCUT2D eigenvalue weighted by molar-refractivity contribution is 6.31. The van der Waals surface area contributed by atoms with E-state index in [1.54, 1.807) is 0 Å². The Morgan fingerprint density at radius 2 is 2.18 bits per heavy atom. The van der Waals surface area contributed by atoms with Crippen LogP contribution in [0.25, 0.3) is 0 Å². The Bertz CT molecular complexity index is 444. The number of hydrogen-bond donors (Lipinski definition) is 1. The Balaban J connectivity index is 2.40. The molecule has 1 aromatic carbocycles. The summed E-state index contributed by atoms with van der Waals surface area (Å²) in [5.74, 6) is 0.620. The third kappa shape index (κ3) is 2.00. The molecule has 1 aliphatic rings. The van der Waals surface area contributed by atoms with E-state index in [-0.39, 0.29) is 5.54 Å². The van der Waals surface area contributed by atoms with E-state index in [1.807, 2.05) is 18.2 Å². The zero-order chi connectivity index (χ0) is 12.5. The molecule has 1 aliphatic heterocycles. The summed E-state index contributed by atoms with van der Waals surface area (Å²) in [4.78, 5) is 6.52. The summed E-state index contributed by atoms with van der Waals surface area (Å²) in [6, 6.07) is 7.92. The molecule has 0 spiro atoms. The maximum atomic E-state index is 6.29. The molecule has 0 amide bonds. The smallest absolute Gasteiger partial charge is 0.192 e. The van der Waals surface area contributed by atoms with E-state index in [9.17, 15) is 0 Å². The minimum absolute atomic E-state index is 0.210. The molecule has 92 valence electrons. The molecule has 4 heteroatoms. The molecule has 0 radical (unpaired) electrons. The molecular formula is C13H18ClN3. The van der Waals surface area contributed by atoms with Crippen LogP contribution in [0.1, 0.15) is 25.8 Å². The van der Waals surface area contributed by atoms with E-state index >= 15 is 0 Å². The first-order valence-corrected chi connectivity index (χ1v) is 6.30. The molecule has 17 heavy (non-hydrogen) atoms. The van der Waals surface area contributed by atoms with E-state index in [2.05, 4.69) is 29.8 Å². The quantitative estimate of drug-likeness (QED) is 0.897. The van der Waals surface area contributed by atoms with Crippen LogP contribution in [-0.4, -0.2) is 23.9 Å². The molecule has 2 N–H and O–H groups in total. The Morgan fingerprint density at radius 1 is 1.47 bits per heavy atom. The average molecular weight is 252 g/mol. The van der Waals surface area contributed by atoms with Crippen molar-refractivity contribution in [1.29, 1.82) is 0 Å². The van der Waals surface area contributed by atoms with Crippen molar-refractivity contribution in [2.75, 3.05) is 13.1 Å². The molecule has 1 atom stereocenters. The topological polar surface area (TPSA) is 41.6 Å². The number of benzene rings is 1. The lowest BCUT2D eigenvalue weighted by atomic mass is 9.91. The van der Waals surface area contributed by atoms with Crippen molar-refractivity contribution in [2.24, 2.45) is 10.7 Å². The maximum absolute atomic E-state index is 6.29. The summed E-state index contributed by atoms with van der Waals surface area (Å²) in [7, 11) is 0. The maximum Gasteiger partial charge on any atom is 0.192 e. The first kappa shape index (κ1) is 12.2. The number of halogens is 1. The minimum Gasteiger partial charge on any atom is -0.370 e. The Hall–Kier alpha value is -1.22. The second-order valence-corrected chi connectivity index (χ2v) is 4.99. The van der Waals surface area contributed by atoms with E-state index in [0.717, 1.165) is 23.6 Å². The lowest BCUT2D eigenvalue weighted by molar-refractivity contribution is 0.225. The average Bonchev–Trinajstić information content (AvgIpc) is 2.59. The summed E-state index contributed by atoms with van der Waals surface area (Å²) in [5.41, 5.74) is 6.85. The summed E-state index contributed by atoms with van der Waals surface area (Å²) in [6.45, 7) is 5.85. The summed E-state index contributed by atoms with van der Waals surface area (Å²) in [6.07, 6.45) is 1.04. The van der Waals surface area contributed by atoms with E-state index in [4.69, 9.17) is 17.3 Å². The SMILES string of the molecule is CCCN1C(N)=NCC1(C)c1ccccc1Cl. The van der Waals surface area contributed by atoms with Crippen molar-refractivity contribution in [1.82, 2.24) is 4.90 Å². The molecule has 0 saturated carbocycles. The van der Waals surface area contributed by atoms with E-state index < -0.39 is 0 Å². The van der Waals surface area contributed by atoms with Gasteiger partial charge in [-0.1, -0.05) is 36.7 Å². The molecule has 0 aliphatic carbocycles. The zero-order valence-corrected chi connectivity index (χ0v) is 11.0. The van der Waals surface area contributed by atoms with Crippen molar-refractivity contribution in [3.05, 3.63) is 34.9 Å². The largest absolute Gasteiger partial charge is 0.370 e. The minimum atomic E-state index is -0.210. The molecule has 0 fully saturated rings. The van der Waals surface area contributed by atoms with Crippen LogP contribution in [0.3, 0.4) is 0 Å². The highest BCUT2D eigenvalue weighted by Crippen LogP contribution is 2.36. The number of rotatable bonds is 3. The van der Waals surface area contributed by atoms with Crippen LogP contribution in [0.2, 0.25) is 5.02 Å². The predicted molar refractivity (Wildman–Crippen MR) is 72.3 cm³/mol. The van der Waals surface area contributed by atoms with Gasteiger partial charge in [-0.05, 0) is 25.0 Å². The van der Waals surface area contributed by atoms with Gasteiger partial charge in [-0.3, -0.25) is 4.99 Å². The van der Waals surface area contributed by atoms with Crippen LogP contribution in [0.4, 0.5) is 0 Å². The van der Waals surface area contributed by atoms with Crippen molar-refractivity contribution in [3.8, 4) is 0 Å². The Labute approximate surface area is 107 Å². The van der Waals surface area contributed by atoms with E-state index in [1.165, 1.54) is 0 Å². The van der Waals surface area contributed by atoms with Crippen LogP contribution >= 0.6 is 11.6 Å². The summed E-state index contributed by atoms with van der Waals surface area (Å²) in [5, 5.41) is 0.779. The van der Waals surface area contributed by atoms with Crippen molar-refractivity contribution >= 4 is 17.6 Å². The number of hydrogen-bond acceptors (Lipinski definition) is 3. The molecular weight excluding hydrogens is 234 g/mol. The van der Waals surface area contributed by atoms with Crippen molar-refractivity contribution in [3.63, 3.8) is 0 Å². The normalized spacial score (nSPS) is 23.9. The second-order valence-electron chi connectivity index (χ2n) is 4.58. The number of aliphatic imine (C=N–C) groups is 1. The summed E-state index contributed by atoms with van der Waals surface area (Å²) >= 11 is 6.29. The van der Waals surface area contributed by atoms with Crippen molar-refractivity contribution in [2.45, 2.75) is 25.8 Å². The van der Waals surface area contributed by atoms with Gasteiger partial charge in [0.25, 0.3) is 0 Å². The monoisotopic (exact) mass is 251 g/mol. The number of nitrogens with zero attached hydrogens (tertiary/aromatic N) is 2. The first-order valence-electron chi connectivity index (χ1n) is 5.92. The van der Waals surface area contributed by atoms with Gasteiger partial charge in [0.05, 0.1) is 12.1 Å². The fourth-order valence-corrected chi connectivity index (χ4v) is 2.71. The first-order chi connectivity index (χ1) is 8.09. The van der Waals surface area contributed by atoms with Crippen LogP contribution in [0.15, 0.2) is 29.3 Å². The van der Waals surface area contributed by atoms with E-state index in [0.29, 0.717) is 12.5 Å². The van der Waals surface area contributed by atoms with Gasteiger partial charge in [-0.15, -0.1) is 0 Å². The number of nitrogens with two attached hydrogens (primary N) is 1. The highest BCUT2D eigenvalue weighted by Gasteiger charge is 2.40. The van der Waals surface area contributed by atoms with Gasteiger partial charge in [-0.25, -0.2) is 0 Å². The molecule has 0 bridgehead atoms. The standard InChI is InChI=1S/C13H18ClN3/c1-3-8-17-12(15)16-9-13(17,2)10-6-4-5-7-11(10)14/h4-7H,3,8-9H2,1-2H3,(H2,15,16). The predicted octanol–water partition coefficient (Wildman–Crippen LogP) is 2.60. The van der Waals surface area contributed by atoms with Crippen LogP contribution in [-0.2, 0) is 5.54 Å². The van der Waals surface area contributed by atoms with Crippen LogP contribution in [0.5, 0.6) is 0 Å². The van der Waals surface area contributed by atoms with Gasteiger partial charge in [-0.2, -0.15) is 0 Å². The van der Waals surface area contributed by atoms with Gasteiger partial charge in [0.15, 0.2) is 5.96 Å². The Morgan fingerprint density at radius 3 is 2.82 bits per heavy atom. The van der Waals surface area contributed by atoms with Crippen LogP contribution < -0.4 is 5.73 Å². The molecule has 2 rings (SSSR count).